The van der Waals surface area contributed by atoms with Crippen molar-refractivity contribution >= 4 is 17.2 Å². The van der Waals surface area contributed by atoms with Crippen molar-refractivity contribution in [2.45, 2.75) is 39.2 Å². The zero-order valence-electron chi connectivity index (χ0n) is 12.7. The molecular formula is C17H20N4O. The normalized spacial score (nSPS) is 11.1. The number of rotatable bonds is 7. The molecule has 0 saturated heterocycles. The quantitative estimate of drug-likeness (QED) is 0.537. The van der Waals surface area contributed by atoms with Crippen LogP contribution in [0, 0.1) is 0 Å². The number of para-hydroxylation sites is 1. The molecule has 0 unspecified atom stereocenters. The SMILES string of the molecule is CCCCCn1nnc(C=O)c1Cc1c[nH]c2ccccc12. The van der Waals surface area contributed by atoms with Crippen LogP contribution in [0.25, 0.3) is 10.9 Å². The lowest BCUT2D eigenvalue weighted by Crippen LogP contribution is -2.07. The fraction of sp³-hybridized carbons (Fsp3) is 0.353. The molecule has 5 heteroatoms. The monoisotopic (exact) mass is 296 g/mol. The van der Waals surface area contributed by atoms with E-state index in [0.29, 0.717) is 12.1 Å². The zero-order valence-corrected chi connectivity index (χ0v) is 12.7. The molecule has 0 amide bonds. The highest BCUT2D eigenvalue weighted by molar-refractivity contribution is 5.83. The minimum absolute atomic E-state index is 0.446. The molecule has 0 fully saturated rings. The predicted molar refractivity (Wildman–Crippen MR) is 86.0 cm³/mol. The van der Waals surface area contributed by atoms with Crippen molar-refractivity contribution in [2.24, 2.45) is 0 Å². The Morgan fingerprint density at radius 3 is 2.95 bits per heavy atom. The second kappa shape index (κ2) is 6.56. The van der Waals surface area contributed by atoms with Gasteiger partial charge in [-0.25, -0.2) is 4.68 Å². The van der Waals surface area contributed by atoms with Crippen LogP contribution in [0.4, 0.5) is 0 Å². The summed E-state index contributed by atoms with van der Waals surface area (Å²) in [5.74, 6) is 0. The number of unbranched alkanes of at least 4 members (excludes halogenated alkanes) is 2. The average Bonchev–Trinajstić information content (AvgIpc) is 3.13. The fourth-order valence-electron chi connectivity index (χ4n) is 2.77. The Labute approximate surface area is 129 Å². The molecule has 3 rings (SSSR count). The highest BCUT2D eigenvalue weighted by atomic mass is 16.1. The molecule has 0 saturated carbocycles. The van der Waals surface area contributed by atoms with Gasteiger partial charge in [-0.3, -0.25) is 4.79 Å². The summed E-state index contributed by atoms with van der Waals surface area (Å²) >= 11 is 0. The number of nitrogens with one attached hydrogen (secondary N) is 1. The summed E-state index contributed by atoms with van der Waals surface area (Å²) in [6.07, 6.45) is 6.84. The number of hydrogen-bond acceptors (Lipinski definition) is 3. The van der Waals surface area contributed by atoms with Gasteiger partial charge in [-0.2, -0.15) is 0 Å². The first-order valence-corrected chi connectivity index (χ1v) is 7.76. The van der Waals surface area contributed by atoms with Gasteiger partial charge in [0.2, 0.25) is 0 Å². The lowest BCUT2D eigenvalue weighted by Gasteiger charge is -2.06. The van der Waals surface area contributed by atoms with Gasteiger partial charge in [-0.05, 0) is 18.1 Å². The minimum atomic E-state index is 0.446. The van der Waals surface area contributed by atoms with Gasteiger partial charge in [0.25, 0.3) is 0 Å². The molecule has 0 radical (unpaired) electrons. The van der Waals surface area contributed by atoms with E-state index in [-0.39, 0.29) is 0 Å². The van der Waals surface area contributed by atoms with E-state index >= 15 is 0 Å². The summed E-state index contributed by atoms with van der Waals surface area (Å²) in [6, 6.07) is 8.18. The van der Waals surface area contributed by atoms with Crippen LogP contribution < -0.4 is 0 Å². The summed E-state index contributed by atoms with van der Waals surface area (Å²) in [6.45, 7) is 2.98. The predicted octanol–water partition coefficient (Wildman–Crippen LogP) is 3.35. The summed E-state index contributed by atoms with van der Waals surface area (Å²) in [7, 11) is 0. The van der Waals surface area contributed by atoms with Crippen molar-refractivity contribution in [3.8, 4) is 0 Å². The lowest BCUT2D eigenvalue weighted by atomic mass is 10.1. The van der Waals surface area contributed by atoms with Crippen molar-refractivity contribution < 1.29 is 4.79 Å². The van der Waals surface area contributed by atoms with Gasteiger partial charge >= 0.3 is 0 Å². The highest BCUT2D eigenvalue weighted by Gasteiger charge is 2.14. The molecule has 0 atom stereocenters. The van der Waals surface area contributed by atoms with Gasteiger partial charge < -0.3 is 4.98 Å². The third kappa shape index (κ3) is 2.79. The van der Waals surface area contributed by atoms with Crippen molar-refractivity contribution in [3.63, 3.8) is 0 Å². The molecule has 3 aromatic rings. The number of aldehydes is 1. The lowest BCUT2D eigenvalue weighted by molar-refractivity contribution is 0.111. The number of fused-ring (bicyclic) bond motifs is 1. The maximum Gasteiger partial charge on any atom is 0.172 e. The van der Waals surface area contributed by atoms with E-state index in [1.807, 2.05) is 23.0 Å². The van der Waals surface area contributed by atoms with E-state index in [9.17, 15) is 4.79 Å². The number of benzene rings is 1. The van der Waals surface area contributed by atoms with Crippen LogP contribution in [0.15, 0.2) is 30.5 Å². The molecule has 1 aromatic carbocycles. The second-order valence-corrected chi connectivity index (χ2v) is 5.51. The van der Waals surface area contributed by atoms with Gasteiger partial charge in [0, 0.05) is 30.1 Å². The van der Waals surface area contributed by atoms with Crippen LogP contribution in [0.1, 0.15) is 47.9 Å². The Bertz CT molecular complexity index is 772. The highest BCUT2D eigenvalue weighted by Crippen LogP contribution is 2.21. The average molecular weight is 296 g/mol. The van der Waals surface area contributed by atoms with Gasteiger partial charge in [0.15, 0.2) is 6.29 Å². The van der Waals surface area contributed by atoms with Crippen LogP contribution >= 0.6 is 0 Å². The molecule has 22 heavy (non-hydrogen) atoms. The van der Waals surface area contributed by atoms with Crippen LogP contribution in [-0.2, 0) is 13.0 Å². The van der Waals surface area contributed by atoms with Gasteiger partial charge in [0.05, 0.1) is 5.69 Å². The summed E-state index contributed by atoms with van der Waals surface area (Å²) < 4.78 is 1.88. The molecule has 2 aromatic heterocycles. The topological polar surface area (TPSA) is 63.6 Å². The molecule has 0 aliphatic rings. The number of H-pyrrole nitrogens is 1. The van der Waals surface area contributed by atoms with Crippen molar-refractivity contribution in [1.82, 2.24) is 20.0 Å². The molecule has 0 spiro atoms. The fourth-order valence-corrected chi connectivity index (χ4v) is 2.77. The number of aryl methyl sites for hydroxylation is 1. The number of carbonyl (C=O) groups excluding carboxylic acids is 1. The first kappa shape index (κ1) is 14.5. The Morgan fingerprint density at radius 1 is 1.27 bits per heavy atom. The molecule has 114 valence electrons. The number of carbonyl (C=O) groups is 1. The zero-order chi connectivity index (χ0) is 15.4. The molecule has 0 bridgehead atoms. The van der Waals surface area contributed by atoms with Crippen molar-refractivity contribution in [3.05, 3.63) is 47.4 Å². The first-order chi connectivity index (χ1) is 10.8. The third-order valence-electron chi connectivity index (χ3n) is 3.99. The third-order valence-corrected chi connectivity index (χ3v) is 3.99. The van der Waals surface area contributed by atoms with E-state index in [1.54, 1.807) is 0 Å². The molecular weight excluding hydrogens is 276 g/mol. The maximum absolute atomic E-state index is 11.2. The first-order valence-electron chi connectivity index (χ1n) is 7.76. The van der Waals surface area contributed by atoms with Crippen molar-refractivity contribution in [2.75, 3.05) is 0 Å². The molecule has 0 aliphatic heterocycles. The summed E-state index contributed by atoms with van der Waals surface area (Å²) in [5, 5.41) is 9.33. The van der Waals surface area contributed by atoms with E-state index in [2.05, 4.69) is 34.4 Å². The van der Waals surface area contributed by atoms with E-state index in [4.69, 9.17) is 0 Å². The standard InChI is InChI=1S/C17H20N4O/c1-2-3-6-9-21-17(16(12-22)19-20-21)10-13-11-18-15-8-5-4-7-14(13)15/h4-5,7-8,11-12,18H,2-3,6,9-10H2,1H3. The molecule has 5 nitrogen and oxygen atoms in total. The second-order valence-electron chi connectivity index (χ2n) is 5.51. The smallest absolute Gasteiger partial charge is 0.172 e. The Balaban J connectivity index is 1.90. The largest absolute Gasteiger partial charge is 0.361 e. The van der Waals surface area contributed by atoms with Crippen LogP contribution in [0.2, 0.25) is 0 Å². The number of nitrogens with zero attached hydrogens (tertiary/aromatic N) is 3. The molecule has 1 N–H and O–H groups in total. The van der Waals surface area contributed by atoms with Crippen molar-refractivity contribution in [1.29, 1.82) is 0 Å². The van der Waals surface area contributed by atoms with Gasteiger partial charge in [-0.1, -0.05) is 43.2 Å². The summed E-state index contributed by atoms with van der Waals surface area (Å²) in [5.41, 5.74) is 3.62. The number of aromatic nitrogens is 4. The Morgan fingerprint density at radius 2 is 2.14 bits per heavy atom. The van der Waals surface area contributed by atoms with Gasteiger partial charge in [-0.15, -0.1) is 5.10 Å². The van der Waals surface area contributed by atoms with E-state index in [0.717, 1.165) is 48.9 Å². The summed E-state index contributed by atoms with van der Waals surface area (Å²) in [4.78, 5) is 14.5. The molecule has 0 aliphatic carbocycles. The Hall–Kier alpha value is -2.43. The van der Waals surface area contributed by atoms with Crippen LogP contribution in [0.5, 0.6) is 0 Å². The van der Waals surface area contributed by atoms with E-state index < -0.39 is 0 Å². The van der Waals surface area contributed by atoms with Crippen LogP contribution in [0.3, 0.4) is 0 Å². The maximum atomic E-state index is 11.2. The van der Waals surface area contributed by atoms with Gasteiger partial charge in [0.1, 0.15) is 5.69 Å². The Kier molecular flexibility index (Phi) is 4.32. The number of aromatic amines is 1. The molecule has 2 heterocycles. The van der Waals surface area contributed by atoms with Crippen LogP contribution in [-0.4, -0.2) is 26.3 Å². The number of hydrogen-bond donors (Lipinski definition) is 1. The van der Waals surface area contributed by atoms with E-state index in [1.165, 1.54) is 5.39 Å². The minimum Gasteiger partial charge on any atom is -0.361 e.